The van der Waals surface area contributed by atoms with Gasteiger partial charge in [-0.3, -0.25) is 0 Å². The molecule has 2 aromatic carbocycles. The summed E-state index contributed by atoms with van der Waals surface area (Å²) in [4.78, 5) is 0. The Bertz CT molecular complexity index is 680. The van der Waals surface area contributed by atoms with Gasteiger partial charge in [0.15, 0.2) is 0 Å². The fraction of sp³-hybridized carbons (Fsp3) is 0.200. The van der Waals surface area contributed by atoms with Crippen LogP contribution in [0.4, 0.5) is 0 Å². The summed E-state index contributed by atoms with van der Waals surface area (Å²) < 4.78 is 2.35. The van der Waals surface area contributed by atoms with Crippen LogP contribution in [0.2, 0.25) is 0 Å². The largest absolute Gasteiger partial charge is 0.341 e. The third kappa shape index (κ3) is 1.45. The molecule has 0 aliphatic rings. The second-order valence-corrected chi connectivity index (χ2v) is 4.32. The zero-order valence-corrected chi connectivity index (χ0v) is 9.98. The third-order valence-electron chi connectivity index (χ3n) is 3.39. The van der Waals surface area contributed by atoms with Gasteiger partial charge in [0.1, 0.15) is 0 Å². The maximum atomic E-state index is 5.72. The molecule has 0 unspecified atom stereocenters. The van der Waals surface area contributed by atoms with E-state index in [0.29, 0.717) is 6.54 Å². The Balaban J connectivity index is 2.49. The average Bonchev–Trinajstić information content (AvgIpc) is 2.71. The number of nitrogens with two attached hydrogens (primary N) is 1. The number of hydrogen-bond acceptors (Lipinski definition) is 1. The van der Waals surface area contributed by atoms with E-state index in [2.05, 4.69) is 54.0 Å². The van der Waals surface area contributed by atoms with Crippen molar-refractivity contribution in [3.63, 3.8) is 0 Å². The molecule has 0 bridgehead atoms. The summed E-state index contributed by atoms with van der Waals surface area (Å²) in [7, 11) is 0. The van der Waals surface area contributed by atoms with E-state index in [-0.39, 0.29) is 0 Å². The molecule has 2 heteroatoms. The number of rotatable bonds is 2. The van der Waals surface area contributed by atoms with Crippen LogP contribution in [0.1, 0.15) is 12.5 Å². The third-order valence-corrected chi connectivity index (χ3v) is 3.39. The molecule has 0 aliphatic carbocycles. The Morgan fingerprint density at radius 3 is 2.53 bits per heavy atom. The first kappa shape index (κ1) is 10.4. The van der Waals surface area contributed by atoms with Gasteiger partial charge >= 0.3 is 0 Å². The summed E-state index contributed by atoms with van der Waals surface area (Å²) in [5, 5.41) is 2.63. The standard InChI is InChI=1S/C15H16N2/c1-2-17-14-6-4-3-5-12(14)13-9-11(10-16)7-8-15(13)17/h3-9H,2,10,16H2,1H3. The lowest BCUT2D eigenvalue weighted by molar-refractivity contribution is 0.827. The maximum Gasteiger partial charge on any atom is 0.0491 e. The van der Waals surface area contributed by atoms with Gasteiger partial charge < -0.3 is 10.3 Å². The number of nitrogens with zero attached hydrogens (tertiary/aromatic N) is 1. The molecule has 0 atom stereocenters. The first-order valence-corrected chi connectivity index (χ1v) is 6.05. The number of fused-ring (bicyclic) bond motifs is 3. The van der Waals surface area contributed by atoms with Crippen molar-refractivity contribution < 1.29 is 0 Å². The van der Waals surface area contributed by atoms with E-state index in [0.717, 1.165) is 6.54 Å². The molecule has 1 aromatic heterocycles. The lowest BCUT2D eigenvalue weighted by Gasteiger charge is -2.03. The number of aryl methyl sites for hydroxylation is 1. The van der Waals surface area contributed by atoms with Crippen LogP contribution >= 0.6 is 0 Å². The van der Waals surface area contributed by atoms with E-state index in [9.17, 15) is 0 Å². The molecule has 17 heavy (non-hydrogen) atoms. The Labute approximate surface area is 101 Å². The van der Waals surface area contributed by atoms with Crippen LogP contribution < -0.4 is 5.73 Å². The molecule has 2 nitrogen and oxygen atoms in total. The van der Waals surface area contributed by atoms with E-state index < -0.39 is 0 Å². The molecule has 0 radical (unpaired) electrons. The SMILES string of the molecule is CCn1c2ccccc2c2cc(CN)ccc21. The fourth-order valence-electron chi connectivity index (χ4n) is 2.57. The van der Waals surface area contributed by atoms with Crippen molar-refractivity contribution in [1.29, 1.82) is 0 Å². The van der Waals surface area contributed by atoms with Gasteiger partial charge in [0, 0.05) is 34.9 Å². The zero-order chi connectivity index (χ0) is 11.8. The Hall–Kier alpha value is -1.80. The van der Waals surface area contributed by atoms with Gasteiger partial charge in [-0.2, -0.15) is 0 Å². The number of aromatic nitrogens is 1. The smallest absolute Gasteiger partial charge is 0.0491 e. The van der Waals surface area contributed by atoms with Crippen molar-refractivity contribution in [2.75, 3.05) is 0 Å². The summed E-state index contributed by atoms with van der Waals surface area (Å²) >= 11 is 0. The predicted octanol–water partition coefficient (Wildman–Crippen LogP) is 3.27. The minimum Gasteiger partial charge on any atom is -0.341 e. The average molecular weight is 224 g/mol. The molecule has 0 spiro atoms. The highest BCUT2D eigenvalue weighted by Gasteiger charge is 2.08. The van der Waals surface area contributed by atoms with Crippen molar-refractivity contribution in [2.45, 2.75) is 20.0 Å². The summed E-state index contributed by atoms with van der Waals surface area (Å²) in [6.07, 6.45) is 0. The van der Waals surface area contributed by atoms with Crippen molar-refractivity contribution in [1.82, 2.24) is 4.57 Å². The van der Waals surface area contributed by atoms with E-state index in [4.69, 9.17) is 5.73 Å². The van der Waals surface area contributed by atoms with Gasteiger partial charge in [0.05, 0.1) is 0 Å². The van der Waals surface area contributed by atoms with Crippen LogP contribution in [0.15, 0.2) is 42.5 Å². The molecule has 86 valence electrons. The second kappa shape index (κ2) is 3.90. The van der Waals surface area contributed by atoms with Crippen LogP contribution in [0, 0.1) is 0 Å². The van der Waals surface area contributed by atoms with Gasteiger partial charge in [-0.25, -0.2) is 0 Å². The molecule has 3 aromatic rings. The Morgan fingerprint density at radius 2 is 1.76 bits per heavy atom. The lowest BCUT2D eigenvalue weighted by Crippen LogP contribution is -1.96. The lowest BCUT2D eigenvalue weighted by atomic mass is 10.1. The molecule has 2 N–H and O–H groups in total. The van der Waals surface area contributed by atoms with Gasteiger partial charge in [-0.1, -0.05) is 24.3 Å². The zero-order valence-electron chi connectivity index (χ0n) is 9.98. The Morgan fingerprint density at radius 1 is 1.00 bits per heavy atom. The van der Waals surface area contributed by atoms with Crippen molar-refractivity contribution >= 4 is 21.8 Å². The van der Waals surface area contributed by atoms with Crippen LogP contribution in [0.25, 0.3) is 21.8 Å². The molecule has 0 aliphatic heterocycles. The number of para-hydroxylation sites is 1. The molecule has 0 saturated carbocycles. The van der Waals surface area contributed by atoms with E-state index in [1.54, 1.807) is 0 Å². The molecular weight excluding hydrogens is 208 g/mol. The highest BCUT2D eigenvalue weighted by Crippen LogP contribution is 2.29. The summed E-state index contributed by atoms with van der Waals surface area (Å²) in [6.45, 7) is 3.77. The highest BCUT2D eigenvalue weighted by molar-refractivity contribution is 6.08. The predicted molar refractivity (Wildman–Crippen MR) is 73.0 cm³/mol. The quantitative estimate of drug-likeness (QED) is 0.711. The Kier molecular flexibility index (Phi) is 2.37. The van der Waals surface area contributed by atoms with Crippen LogP contribution in [-0.2, 0) is 13.1 Å². The fourth-order valence-corrected chi connectivity index (χ4v) is 2.57. The minimum absolute atomic E-state index is 0.599. The van der Waals surface area contributed by atoms with Gasteiger partial charge in [-0.15, -0.1) is 0 Å². The van der Waals surface area contributed by atoms with E-state index in [1.165, 1.54) is 27.4 Å². The molecule has 3 rings (SSSR count). The molecule has 0 amide bonds. The summed E-state index contributed by atoms with van der Waals surface area (Å²) in [5.74, 6) is 0. The number of benzene rings is 2. The minimum atomic E-state index is 0.599. The van der Waals surface area contributed by atoms with Crippen molar-refractivity contribution in [3.05, 3.63) is 48.0 Å². The summed E-state index contributed by atoms with van der Waals surface area (Å²) in [5.41, 5.74) is 9.51. The number of hydrogen-bond donors (Lipinski definition) is 1. The topological polar surface area (TPSA) is 30.9 Å². The van der Waals surface area contributed by atoms with Crippen LogP contribution in [0.3, 0.4) is 0 Å². The van der Waals surface area contributed by atoms with Gasteiger partial charge in [0.25, 0.3) is 0 Å². The van der Waals surface area contributed by atoms with E-state index >= 15 is 0 Å². The van der Waals surface area contributed by atoms with Crippen molar-refractivity contribution in [2.24, 2.45) is 5.73 Å². The first-order valence-electron chi connectivity index (χ1n) is 6.05. The monoisotopic (exact) mass is 224 g/mol. The van der Waals surface area contributed by atoms with Crippen LogP contribution in [0.5, 0.6) is 0 Å². The highest BCUT2D eigenvalue weighted by atomic mass is 15.0. The normalized spacial score (nSPS) is 11.4. The first-order chi connectivity index (χ1) is 8.35. The second-order valence-electron chi connectivity index (χ2n) is 4.32. The molecule has 0 saturated heterocycles. The molecule has 0 fully saturated rings. The van der Waals surface area contributed by atoms with E-state index in [1.807, 2.05) is 0 Å². The summed E-state index contributed by atoms with van der Waals surface area (Å²) in [6, 6.07) is 15.1. The van der Waals surface area contributed by atoms with Gasteiger partial charge in [0.2, 0.25) is 0 Å². The molecule has 1 heterocycles. The maximum absolute atomic E-state index is 5.72. The molecular formula is C15H16N2. The van der Waals surface area contributed by atoms with Crippen molar-refractivity contribution in [3.8, 4) is 0 Å². The van der Waals surface area contributed by atoms with Gasteiger partial charge in [-0.05, 0) is 30.7 Å². The van der Waals surface area contributed by atoms with Crippen LogP contribution in [-0.4, -0.2) is 4.57 Å².